The molecular weight excluding hydrogens is 287 g/mol. The maximum atomic E-state index is 14.2. The summed E-state index contributed by atoms with van der Waals surface area (Å²) < 4.78 is 14.2. The second-order valence-corrected chi connectivity index (χ2v) is 5.10. The fourth-order valence-corrected chi connectivity index (χ4v) is 2.88. The van der Waals surface area contributed by atoms with Crippen LogP contribution in [0.25, 0.3) is 0 Å². The monoisotopic (exact) mass is 299 g/mol. The summed E-state index contributed by atoms with van der Waals surface area (Å²) in [5.74, 6) is -0.862. The molecule has 0 aliphatic carbocycles. The van der Waals surface area contributed by atoms with Gasteiger partial charge in [-0.2, -0.15) is 0 Å². The number of benzene rings is 1. The number of aryl methyl sites for hydroxylation is 1. The van der Waals surface area contributed by atoms with Crippen molar-refractivity contribution in [2.45, 2.75) is 12.8 Å². The SMILES string of the molecule is [O-]C1=C2CCc3cccc(F)c3N2N(O)N1c1cccnc1. The normalized spacial score (nSPS) is 17.7. The van der Waals surface area contributed by atoms with Crippen LogP contribution in [0.4, 0.5) is 15.8 Å². The van der Waals surface area contributed by atoms with E-state index >= 15 is 0 Å². The predicted octanol–water partition coefficient (Wildman–Crippen LogP) is 1.54. The summed E-state index contributed by atoms with van der Waals surface area (Å²) in [5.41, 5.74) is 1.72. The highest BCUT2D eigenvalue weighted by Crippen LogP contribution is 2.41. The van der Waals surface area contributed by atoms with Crippen LogP contribution in [-0.2, 0) is 6.42 Å². The third-order valence-corrected chi connectivity index (χ3v) is 3.86. The largest absolute Gasteiger partial charge is 0.858 e. The number of hydrogen-bond donors (Lipinski definition) is 1. The molecule has 2 aromatic rings. The van der Waals surface area contributed by atoms with Crippen molar-refractivity contribution in [2.24, 2.45) is 0 Å². The maximum Gasteiger partial charge on any atom is 0.148 e. The lowest BCUT2D eigenvalue weighted by molar-refractivity contribution is -0.314. The zero-order valence-electron chi connectivity index (χ0n) is 11.5. The highest BCUT2D eigenvalue weighted by molar-refractivity contribution is 5.65. The summed E-state index contributed by atoms with van der Waals surface area (Å²) in [4.78, 5) is 3.94. The van der Waals surface area contributed by atoms with Crippen molar-refractivity contribution in [3.05, 3.63) is 65.7 Å². The number of anilines is 2. The van der Waals surface area contributed by atoms with E-state index in [1.165, 1.54) is 17.3 Å². The second kappa shape index (κ2) is 4.69. The van der Waals surface area contributed by atoms with Crippen LogP contribution in [0.15, 0.2) is 54.3 Å². The zero-order valence-corrected chi connectivity index (χ0v) is 11.5. The molecule has 0 fully saturated rings. The molecule has 112 valence electrons. The van der Waals surface area contributed by atoms with Gasteiger partial charge in [-0.3, -0.25) is 10.2 Å². The molecule has 4 rings (SSSR count). The molecule has 0 saturated carbocycles. The summed E-state index contributed by atoms with van der Waals surface area (Å²) in [7, 11) is 0. The predicted molar refractivity (Wildman–Crippen MR) is 74.6 cm³/mol. The molecule has 2 aliphatic rings. The van der Waals surface area contributed by atoms with Gasteiger partial charge in [-0.1, -0.05) is 12.1 Å². The van der Waals surface area contributed by atoms with E-state index in [0.717, 1.165) is 10.6 Å². The van der Waals surface area contributed by atoms with Gasteiger partial charge in [0.05, 0.1) is 17.6 Å². The Morgan fingerprint density at radius 1 is 1.14 bits per heavy atom. The van der Waals surface area contributed by atoms with Crippen LogP contribution in [0, 0.1) is 5.82 Å². The Balaban J connectivity index is 1.85. The van der Waals surface area contributed by atoms with Gasteiger partial charge in [0.15, 0.2) is 0 Å². The van der Waals surface area contributed by atoms with Gasteiger partial charge < -0.3 is 5.11 Å². The average Bonchev–Trinajstić information content (AvgIpc) is 2.80. The lowest BCUT2D eigenvalue weighted by Crippen LogP contribution is -2.46. The van der Waals surface area contributed by atoms with Crippen LogP contribution in [0.3, 0.4) is 0 Å². The topological polar surface area (TPSA) is 65.9 Å². The number of halogens is 1. The van der Waals surface area contributed by atoms with E-state index < -0.39 is 5.82 Å². The smallest absolute Gasteiger partial charge is 0.148 e. The molecule has 2 aliphatic heterocycles. The van der Waals surface area contributed by atoms with E-state index in [4.69, 9.17) is 0 Å². The Labute approximate surface area is 125 Å². The molecule has 0 saturated heterocycles. The first-order valence-corrected chi connectivity index (χ1v) is 6.85. The number of hydrazine groups is 2. The molecule has 0 bridgehead atoms. The van der Waals surface area contributed by atoms with Gasteiger partial charge in [-0.05, 0) is 36.6 Å². The van der Waals surface area contributed by atoms with Gasteiger partial charge in [0.1, 0.15) is 11.5 Å². The van der Waals surface area contributed by atoms with Crippen LogP contribution in [0.2, 0.25) is 0 Å². The first kappa shape index (κ1) is 13.1. The van der Waals surface area contributed by atoms with E-state index in [2.05, 4.69) is 4.98 Å². The standard InChI is InChI=1S/C15H13FN4O2/c16-12-5-1-3-10-6-7-13-15(21)18(11-4-2-8-17-9-11)20(22)19(13)14(10)12/h1-5,8-9,21-22H,6-7H2/p-1. The number of allylic oxidation sites excluding steroid dienone is 1. The van der Waals surface area contributed by atoms with E-state index in [-0.39, 0.29) is 11.6 Å². The maximum absolute atomic E-state index is 14.2. The summed E-state index contributed by atoms with van der Waals surface area (Å²) in [6, 6.07) is 8.03. The molecule has 22 heavy (non-hydrogen) atoms. The summed E-state index contributed by atoms with van der Waals surface area (Å²) in [6.07, 6.45) is 4.02. The van der Waals surface area contributed by atoms with Gasteiger partial charge in [0.25, 0.3) is 0 Å². The van der Waals surface area contributed by atoms with Crippen molar-refractivity contribution < 1.29 is 14.7 Å². The molecular formula is C15H12FN4O2-. The number of fused-ring (bicyclic) bond motifs is 3. The van der Waals surface area contributed by atoms with Gasteiger partial charge in [-0.25, -0.2) is 14.4 Å². The highest BCUT2D eigenvalue weighted by Gasteiger charge is 2.38. The number of rotatable bonds is 1. The zero-order chi connectivity index (χ0) is 15.3. The number of aromatic nitrogens is 1. The molecule has 3 heterocycles. The summed E-state index contributed by atoms with van der Waals surface area (Å²) >= 11 is 0. The van der Waals surface area contributed by atoms with E-state index in [1.807, 2.05) is 0 Å². The molecule has 6 nitrogen and oxygen atoms in total. The lowest BCUT2D eigenvalue weighted by Gasteiger charge is -2.35. The summed E-state index contributed by atoms with van der Waals surface area (Å²) in [5, 5.41) is 25.9. The third kappa shape index (κ3) is 1.69. The van der Waals surface area contributed by atoms with Crippen LogP contribution in [0.5, 0.6) is 0 Å². The van der Waals surface area contributed by atoms with E-state index in [1.54, 1.807) is 30.5 Å². The van der Waals surface area contributed by atoms with Crippen molar-refractivity contribution in [1.29, 1.82) is 0 Å². The van der Waals surface area contributed by atoms with E-state index in [9.17, 15) is 14.7 Å². The quantitative estimate of drug-likeness (QED) is 0.862. The van der Waals surface area contributed by atoms with Crippen molar-refractivity contribution in [3.8, 4) is 0 Å². The molecule has 0 radical (unpaired) electrons. The van der Waals surface area contributed by atoms with Gasteiger partial charge in [-0.15, -0.1) is 0 Å². The minimum atomic E-state index is -0.477. The van der Waals surface area contributed by atoms with E-state index in [0.29, 0.717) is 29.5 Å². The molecule has 7 heteroatoms. The first-order valence-electron chi connectivity index (χ1n) is 6.85. The molecule has 0 amide bonds. The molecule has 0 atom stereocenters. The Morgan fingerprint density at radius 2 is 2.00 bits per heavy atom. The molecule has 1 N–H and O–H groups in total. The van der Waals surface area contributed by atoms with Gasteiger partial charge >= 0.3 is 0 Å². The minimum Gasteiger partial charge on any atom is -0.858 e. The lowest BCUT2D eigenvalue weighted by atomic mass is 10.0. The van der Waals surface area contributed by atoms with Crippen molar-refractivity contribution in [1.82, 2.24) is 10.3 Å². The minimum absolute atomic E-state index is 0.214. The number of nitrogens with zero attached hydrogens (tertiary/aromatic N) is 4. The fourth-order valence-electron chi connectivity index (χ4n) is 2.88. The van der Waals surface area contributed by atoms with Gasteiger partial charge in [0, 0.05) is 17.4 Å². The van der Waals surface area contributed by atoms with Crippen molar-refractivity contribution in [2.75, 3.05) is 10.0 Å². The van der Waals surface area contributed by atoms with Crippen LogP contribution >= 0.6 is 0 Å². The van der Waals surface area contributed by atoms with Crippen LogP contribution < -0.4 is 15.1 Å². The third-order valence-electron chi connectivity index (χ3n) is 3.86. The van der Waals surface area contributed by atoms with Crippen molar-refractivity contribution in [3.63, 3.8) is 0 Å². The second-order valence-electron chi connectivity index (χ2n) is 5.10. The Morgan fingerprint density at radius 3 is 2.77 bits per heavy atom. The molecule has 0 spiro atoms. The van der Waals surface area contributed by atoms with Crippen LogP contribution in [-0.4, -0.2) is 15.5 Å². The number of hydrogen-bond acceptors (Lipinski definition) is 6. The molecule has 1 aromatic heterocycles. The van der Waals surface area contributed by atoms with Crippen LogP contribution in [0.1, 0.15) is 12.0 Å². The molecule has 0 unspecified atom stereocenters. The summed E-state index contributed by atoms with van der Waals surface area (Å²) in [6.45, 7) is 0. The number of para-hydroxylation sites is 1. The highest BCUT2D eigenvalue weighted by atomic mass is 19.1. The molecule has 1 aromatic carbocycles. The first-order chi connectivity index (χ1) is 10.7. The van der Waals surface area contributed by atoms with Crippen molar-refractivity contribution >= 4 is 11.4 Å². The number of pyridine rings is 1. The Kier molecular flexibility index (Phi) is 2.78. The Hall–Kier alpha value is -2.64. The Bertz CT molecular complexity index is 765. The van der Waals surface area contributed by atoms with Gasteiger partial charge in [0.2, 0.25) is 0 Å². The fraction of sp³-hybridized carbons (Fsp3) is 0.133. The average molecular weight is 299 g/mol.